The summed E-state index contributed by atoms with van der Waals surface area (Å²) in [5.41, 5.74) is 1.80. The molecule has 0 spiro atoms. The first-order valence-corrected chi connectivity index (χ1v) is 9.40. The van der Waals surface area contributed by atoms with Crippen molar-refractivity contribution >= 4 is 41.9 Å². The molecule has 0 saturated heterocycles. The highest BCUT2D eigenvalue weighted by Crippen LogP contribution is 2.22. The van der Waals surface area contributed by atoms with E-state index in [1.165, 1.54) is 0 Å². The second-order valence-electron chi connectivity index (χ2n) is 4.81. The molecule has 0 amide bonds. The van der Waals surface area contributed by atoms with Crippen molar-refractivity contribution in [2.45, 2.75) is 24.8 Å². The fourth-order valence-corrected chi connectivity index (χ4v) is 3.73. The van der Waals surface area contributed by atoms with Crippen molar-refractivity contribution < 1.29 is 8.42 Å². The Labute approximate surface area is 142 Å². The third kappa shape index (κ3) is 4.16. The quantitative estimate of drug-likeness (QED) is 0.769. The largest absolute Gasteiger partial charge is 0.241 e. The molecule has 0 aliphatic heterocycles. The number of rotatable bonds is 4. The van der Waals surface area contributed by atoms with Crippen LogP contribution in [0.4, 0.5) is 0 Å². The zero-order valence-electron chi connectivity index (χ0n) is 11.6. The number of aryl methyl sites for hydroxylation is 1. The van der Waals surface area contributed by atoms with E-state index >= 15 is 0 Å². The van der Waals surface area contributed by atoms with Gasteiger partial charge in [-0.15, -0.1) is 0 Å². The van der Waals surface area contributed by atoms with Crippen LogP contribution in [0.3, 0.4) is 0 Å². The van der Waals surface area contributed by atoms with E-state index < -0.39 is 10.0 Å². The molecule has 0 radical (unpaired) electrons. The highest BCUT2D eigenvalue weighted by atomic mass is 79.9. The molecule has 1 atom stereocenters. The summed E-state index contributed by atoms with van der Waals surface area (Å²) in [5.74, 6) is 0. The molecule has 1 N–H and O–H groups in total. The summed E-state index contributed by atoms with van der Waals surface area (Å²) in [7, 11) is -3.54. The lowest BCUT2D eigenvalue weighted by Gasteiger charge is -2.15. The van der Waals surface area contributed by atoms with Gasteiger partial charge in [-0.25, -0.2) is 13.1 Å². The Morgan fingerprint density at radius 2 is 1.67 bits per heavy atom. The fourth-order valence-electron chi connectivity index (χ4n) is 1.90. The first kappa shape index (κ1) is 16.7. The van der Waals surface area contributed by atoms with Gasteiger partial charge in [0.15, 0.2) is 0 Å². The lowest BCUT2D eigenvalue weighted by Crippen LogP contribution is -2.26. The zero-order chi connectivity index (χ0) is 15.6. The zero-order valence-corrected chi connectivity index (χ0v) is 15.6. The maximum absolute atomic E-state index is 12.4. The molecule has 0 aliphatic carbocycles. The van der Waals surface area contributed by atoms with Gasteiger partial charge in [0.25, 0.3) is 0 Å². The molecule has 2 rings (SSSR count). The van der Waals surface area contributed by atoms with Crippen molar-refractivity contribution in [3.63, 3.8) is 0 Å². The highest BCUT2D eigenvalue weighted by Gasteiger charge is 2.18. The molecule has 21 heavy (non-hydrogen) atoms. The van der Waals surface area contributed by atoms with Crippen LogP contribution >= 0.6 is 31.9 Å². The molecular weight excluding hydrogens is 418 g/mol. The van der Waals surface area contributed by atoms with Crippen LogP contribution in [0.25, 0.3) is 0 Å². The minimum absolute atomic E-state index is 0.271. The van der Waals surface area contributed by atoms with E-state index in [4.69, 9.17) is 0 Å². The second-order valence-corrected chi connectivity index (χ2v) is 8.29. The minimum Gasteiger partial charge on any atom is -0.207 e. The summed E-state index contributed by atoms with van der Waals surface area (Å²) in [4.78, 5) is 0.271. The molecule has 3 nitrogen and oxygen atoms in total. The molecule has 0 heterocycles. The average molecular weight is 433 g/mol. The summed E-state index contributed by atoms with van der Waals surface area (Å²) in [6.07, 6.45) is 0. The molecule has 6 heteroatoms. The number of sulfonamides is 1. The van der Waals surface area contributed by atoms with E-state index in [0.29, 0.717) is 0 Å². The maximum Gasteiger partial charge on any atom is 0.241 e. The Morgan fingerprint density at radius 1 is 1.05 bits per heavy atom. The molecule has 0 bridgehead atoms. The van der Waals surface area contributed by atoms with Crippen LogP contribution in [0.2, 0.25) is 0 Å². The molecule has 0 aliphatic rings. The van der Waals surface area contributed by atoms with Crippen molar-refractivity contribution in [3.05, 3.63) is 62.5 Å². The lowest BCUT2D eigenvalue weighted by molar-refractivity contribution is 0.567. The molecule has 0 saturated carbocycles. The van der Waals surface area contributed by atoms with Gasteiger partial charge in [0.2, 0.25) is 10.0 Å². The van der Waals surface area contributed by atoms with Crippen molar-refractivity contribution in [3.8, 4) is 0 Å². The summed E-state index contributed by atoms with van der Waals surface area (Å²) in [5, 5.41) is 0. The molecule has 0 unspecified atom stereocenters. The van der Waals surface area contributed by atoms with Crippen molar-refractivity contribution in [2.75, 3.05) is 0 Å². The minimum atomic E-state index is -3.54. The number of benzene rings is 2. The standard InChI is InChI=1S/C15H15Br2NO2S/c1-10-9-14(7-8-15(10)17)21(19,20)18-11(2)12-3-5-13(16)6-4-12/h3-9,11,18H,1-2H3/t11-/m1/s1. The maximum atomic E-state index is 12.4. The van der Waals surface area contributed by atoms with Gasteiger partial charge in [0.1, 0.15) is 0 Å². The van der Waals surface area contributed by atoms with Gasteiger partial charge < -0.3 is 0 Å². The lowest BCUT2D eigenvalue weighted by atomic mass is 10.1. The Hall–Kier alpha value is -0.690. The first-order valence-electron chi connectivity index (χ1n) is 6.33. The number of halogens is 2. The monoisotopic (exact) mass is 431 g/mol. The Bertz CT molecular complexity index is 743. The summed E-state index contributed by atoms with van der Waals surface area (Å²) < 4.78 is 29.4. The predicted molar refractivity (Wildman–Crippen MR) is 91.8 cm³/mol. The molecule has 2 aromatic rings. The van der Waals surface area contributed by atoms with Gasteiger partial charge in [0, 0.05) is 15.0 Å². The van der Waals surface area contributed by atoms with E-state index in [0.717, 1.165) is 20.1 Å². The van der Waals surface area contributed by atoms with E-state index in [-0.39, 0.29) is 10.9 Å². The van der Waals surface area contributed by atoms with Gasteiger partial charge in [-0.3, -0.25) is 0 Å². The van der Waals surface area contributed by atoms with Gasteiger partial charge in [-0.1, -0.05) is 44.0 Å². The molecule has 0 fully saturated rings. The first-order chi connectivity index (χ1) is 9.79. The van der Waals surface area contributed by atoms with Crippen LogP contribution < -0.4 is 4.72 Å². The summed E-state index contributed by atoms with van der Waals surface area (Å²) in [6, 6.07) is 12.3. The van der Waals surface area contributed by atoms with Crippen LogP contribution in [0.5, 0.6) is 0 Å². The molecule has 2 aromatic carbocycles. The van der Waals surface area contributed by atoms with E-state index in [1.807, 2.05) is 38.1 Å². The highest BCUT2D eigenvalue weighted by molar-refractivity contribution is 9.10. The number of hydrogen-bond acceptors (Lipinski definition) is 2. The predicted octanol–water partition coefficient (Wildman–Crippen LogP) is 4.56. The number of hydrogen-bond donors (Lipinski definition) is 1. The summed E-state index contributed by atoms with van der Waals surface area (Å²) >= 11 is 6.74. The Morgan fingerprint density at radius 3 is 2.24 bits per heavy atom. The average Bonchev–Trinajstić information content (AvgIpc) is 2.42. The van der Waals surface area contributed by atoms with Crippen LogP contribution in [0.15, 0.2) is 56.3 Å². The number of nitrogens with one attached hydrogen (secondary N) is 1. The third-order valence-corrected chi connectivity index (χ3v) is 6.10. The normalized spacial score (nSPS) is 13.1. The van der Waals surface area contributed by atoms with Crippen molar-refractivity contribution in [1.82, 2.24) is 4.72 Å². The van der Waals surface area contributed by atoms with Gasteiger partial charge in [0.05, 0.1) is 4.90 Å². The van der Waals surface area contributed by atoms with Crippen molar-refractivity contribution in [1.29, 1.82) is 0 Å². The van der Waals surface area contributed by atoms with E-state index in [1.54, 1.807) is 18.2 Å². The summed E-state index contributed by atoms with van der Waals surface area (Å²) in [6.45, 7) is 3.69. The smallest absolute Gasteiger partial charge is 0.207 e. The molecule has 112 valence electrons. The van der Waals surface area contributed by atoms with Crippen molar-refractivity contribution in [2.24, 2.45) is 0 Å². The third-order valence-electron chi connectivity index (χ3n) is 3.14. The topological polar surface area (TPSA) is 46.2 Å². The van der Waals surface area contributed by atoms with Crippen LogP contribution in [-0.4, -0.2) is 8.42 Å². The SMILES string of the molecule is Cc1cc(S(=O)(=O)N[C@H](C)c2ccc(Br)cc2)ccc1Br. The van der Waals surface area contributed by atoms with Gasteiger partial charge in [-0.05, 0) is 55.3 Å². The van der Waals surface area contributed by atoms with Crippen LogP contribution in [-0.2, 0) is 10.0 Å². The van der Waals surface area contributed by atoms with Gasteiger partial charge in [-0.2, -0.15) is 0 Å². The fraction of sp³-hybridized carbons (Fsp3) is 0.200. The van der Waals surface area contributed by atoms with Crippen LogP contribution in [0, 0.1) is 6.92 Å². The Balaban J connectivity index is 2.24. The van der Waals surface area contributed by atoms with Crippen LogP contribution in [0.1, 0.15) is 24.1 Å². The molecule has 0 aromatic heterocycles. The Kier molecular flexibility index (Phi) is 5.24. The van der Waals surface area contributed by atoms with E-state index in [9.17, 15) is 8.42 Å². The van der Waals surface area contributed by atoms with E-state index in [2.05, 4.69) is 36.6 Å². The second kappa shape index (κ2) is 6.60. The van der Waals surface area contributed by atoms with Gasteiger partial charge >= 0.3 is 0 Å². The molecular formula is C15H15Br2NO2S.